The van der Waals surface area contributed by atoms with E-state index in [1.54, 1.807) is 0 Å². The molecule has 0 aromatic heterocycles. The summed E-state index contributed by atoms with van der Waals surface area (Å²) in [5, 5.41) is 5.90. The summed E-state index contributed by atoms with van der Waals surface area (Å²) >= 11 is 2.99. The van der Waals surface area contributed by atoms with Gasteiger partial charge in [0, 0.05) is 45.2 Å². The SMILES string of the molecule is CCCCP(=O)(NCCN1C(=O)CC(SC(C)C)C1=O)NCCN1C(=O)CC(SC(C)C)C1=O. The molecule has 2 atom stereocenters. The lowest BCUT2D eigenvalue weighted by Gasteiger charge is -2.24. The zero-order valence-corrected chi connectivity index (χ0v) is 23.4. The quantitative estimate of drug-likeness (QED) is 0.242. The number of likely N-dealkylation sites (tertiary alicyclic amines) is 2. The monoisotopic (exact) mass is 534 g/mol. The highest BCUT2D eigenvalue weighted by atomic mass is 32.2. The van der Waals surface area contributed by atoms with E-state index in [0.717, 1.165) is 12.8 Å². The molecule has 4 amide bonds. The second-order valence-corrected chi connectivity index (χ2v) is 15.3. The summed E-state index contributed by atoms with van der Waals surface area (Å²) in [6.45, 7) is 10.8. The number of nitrogens with one attached hydrogen (secondary N) is 2. The van der Waals surface area contributed by atoms with Gasteiger partial charge >= 0.3 is 0 Å². The van der Waals surface area contributed by atoms with Gasteiger partial charge in [0.25, 0.3) is 0 Å². The molecule has 0 saturated carbocycles. The maximum Gasteiger partial charge on any atom is 0.242 e. The minimum atomic E-state index is -3.01. The van der Waals surface area contributed by atoms with E-state index < -0.39 is 7.44 Å². The van der Waals surface area contributed by atoms with E-state index >= 15 is 0 Å². The molecule has 2 fully saturated rings. The summed E-state index contributed by atoms with van der Waals surface area (Å²) in [6, 6.07) is 0. The van der Waals surface area contributed by atoms with Crippen molar-refractivity contribution >= 4 is 54.6 Å². The molecule has 0 aliphatic carbocycles. The second-order valence-electron chi connectivity index (χ2n) is 9.16. The smallest absolute Gasteiger partial charge is 0.242 e. The Morgan fingerprint density at radius 1 is 0.853 bits per heavy atom. The standard InChI is InChI=1S/C22H39N4O5PS2/c1-6-7-12-32(31,23-8-10-25-19(27)13-17(21(25)29)33-15(2)3)24-9-11-26-20(28)14-18(22(26)30)34-16(4)5/h15-18H,6-14H2,1-5H3,(H2,23,24,31). The van der Waals surface area contributed by atoms with Crippen LogP contribution in [0.5, 0.6) is 0 Å². The Morgan fingerprint density at radius 3 is 1.62 bits per heavy atom. The fourth-order valence-corrected chi connectivity index (χ4v) is 8.32. The van der Waals surface area contributed by atoms with Crippen molar-refractivity contribution in [1.82, 2.24) is 20.0 Å². The van der Waals surface area contributed by atoms with E-state index in [-0.39, 0.29) is 83.6 Å². The number of thioether (sulfide) groups is 2. The lowest BCUT2D eigenvalue weighted by Crippen LogP contribution is -2.40. The predicted octanol–water partition coefficient (Wildman–Crippen LogP) is 2.70. The highest BCUT2D eigenvalue weighted by molar-refractivity contribution is 8.01. The summed E-state index contributed by atoms with van der Waals surface area (Å²) in [6.07, 6.45) is 2.43. The van der Waals surface area contributed by atoms with Crippen LogP contribution in [-0.4, -0.2) is 86.8 Å². The predicted molar refractivity (Wildman–Crippen MR) is 139 cm³/mol. The van der Waals surface area contributed by atoms with Crippen LogP contribution >= 0.6 is 31.0 Å². The largest absolute Gasteiger partial charge is 0.289 e. The summed E-state index contributed by atoms with van der Waals surface area (Å²) in [7, 11) is -3.01. The topological polar surface area (TPSA) is 116 Å². The Labute approximate surface area is 211 Å². The van der Waals surface area contributed by atoms with Crippen LogP contribution in [0, 0.1) is 0 Å². The molecule has 2 aliphatic rings. The van der Waals surface area contributed by atoms with Crippen molar-refractivity contribution in [1.29, 1.82) is 0 Å². The number of amides is 4. The third-order valence-electron chi connectivity index (χ3n) is 5.51. The fourth-order valence-electron chi connectivity index (χ4n) is 3.92. The van der Waals surface area contributed by atoms with Crippen LogP contribution < -0.4 is 10.2 Å². The van der Waals surface area contributed by atoms with Gasteiger partial charge in [-0.3, -0.25) is 43.7 Å². The van der Waals surface area contributed by atoms with Crippen molar-refractivity contribution in [2.24, 2.45) is 0 Å². The molecule has 34 heavy (non-hydrogen) atoms. The van der Waals surface area contributed by atoms with Crippen molar-refractivity contribution in [2.75, 3.05) is 32.3 Å². The van der Waals surface area contributed by atoms with Crippen molar-refractivity contribution < 1.29 is 23.7 Å². The van der Waals surface area contributed by atoms with Gasteiger partial charge in [0.1, 0.15) is 0 Å². The molecule has 2 unspecified atom stereocenters. The van der Waals surface area contributed by atoms with Gasteiger partial charge in [-0.1, -0.05) is 41.0 Å². The molecule has 0 spiro atoms. The lowest BCUT2D eigenvalue weighted by atomic mass is 10.4. The Morgan fingerprint density at radius 2 is 1.26 bits per heavy atom. The summed E-state index contributed by atoms with van der Waals surface area (Å²) in [4.78, 5) is 52.2. The number of nitrogens with zero attached hydrogens (tertiary/aromatic N) is 2. The number of hydrogen-bond donors (Lipinski definition) is 2. The van der Waals surface area contributed by atoms with E-state index in [9.17, 15) is 23.7 Å². The number of hydrogen-bond acceptors (Lipinski definition) is 7. The number of carbonyl (C=O) groups excluding carboxylic acids is 4. The summed E-state index contributed by atoms with van der Waals surface area (Å²) < 4.78 is 13.5. The molecule has 9 nitrogen and oxygen atoms in total. The summed E-state index contributed by atoms with van der Waals surface area (Å²) in [5.41, 5.74) is 0. The Balaban J connectivity index is 1.87. The van der Waals surface area contributed by atoms with Crippen LogP contribution in [0.15, 0.2) is 0 Å². The molecule has 0 bridgehead atoms. The van der Waals surface area contributed by atoms with Crippen LogP contribution in [0.1, 0.15) is 60.3 Å². The minimum Gasteiger partial charge on any atom is -0.289 e. The Bertz CT molecular complexity index is 752. The van der Waals surface area contributed by atoms with Gasteiger partial charge in [0.15, 0.2) is 0 Å². The van der Waals surface area contributed by atoms with Gasteiger partial charge in [-0.25, -0.2) is 0 Å². The molecule has 2 heterocycles. The lowest BCUT2D eigenvalue weighted by molar-refractivity contribution is -0.139. The fraction of sp³-hybridized carbons (Fsp3) is 0.818. The number of imide groups is 2. The van der Waals surface area contributed by atoms with Crippen molar-refractivity contribution in [3.05, 3.63) is 0 Å². The van der Waals surface area contributed by atoms with Crippen LogP contribution in [0.25, 0.3) is 0 Å². The maximum absolute atomic E-state index is 13.5. The Hall–Kier alpha value is -0.870. The average Bonchev–Trinajstić information content (AvgIpc) is 3.15. The van der Waals surface area contributed by atoms with Gasteiger partial charge in [-0.2, -0.15) is 0 Å². The third kappa shape index (κ3) is 8.36. The minimum absolute atomic E-state index is 0.168. The highest BCUT2D eigenvalue weighted by Gasteiger charge is 2.40. The number of unbranched alkanes of at least 4 members (excludes halogenated alkanes) is 1. The van der Waals surface area contributed by atoms with Crippen molar-refractivity contribution in [3.63, 3.8) is 0 Å². The molecule has 2 N–H and O–H groups in total. The van der Waals surface area contributed by atoms with Gasteiger partial charge < -0.3 is 0 Å². The van der Waals surface area contributed by atoms with Crippen LogP contribution in [0.4, 0.5) is 0 Å². The van der Waals surface area contributed by atoms with Crippen LogP contribution in [-0.2, 0) is 23.7 Å². The molecule has 0 radical (unpaired) electrons. The van der Waals surface area contributed by atoms with Crippen LogP contribution in [0.3, 0.4) is 0 Å². The van der Waals surface area contributed by atoms with Gasteiger partial charge in [-0.05, 0) is 16.9 Å². The molecule has 2 saturated heterocycles. The van der Waals surface area contributed by atoms with E-state index in [1.807, 2.05) is 34.6 Å². The molecule has 194 valence electrons. The first-order valence-corrected chi connectivity index (χ1v) is 15.8. The van der Waals surface area contributed by atoms with E-state index in [1.165, 1.54) is 33.3 Å². The molecule has 12 heteroatoms. The zero-order chi connectivity index (χ0) is 25.5. The highest BCUT2D eigenvalue weighted by Crippen LogP contribution is 2.37. The molecular formula is C22H39N4O5PS2. The molecule has 0 aromatic carbocycles. The normalized spacial score (nSPS) is 23.1. The second kappa shape index (κ2) is 13.4. The van der Waals surface area contributed by atoms with E-state index in [4.69, 9.17) is 0 Å². The van der Waals surface area contributed by atoms with Crippen molar-refractivity contribution in [2.45, 2.75) is 81.3 Å². The van der Waals surface area contributed by atoms with E-state index in [0.29, 0.717) is 6.16 Å². The first-order chi connectivity index (χ1) is 16.0. The molecule has 2 rings (SSSR count). The average molecular weight is 535 g/mol. The number of rotatable bonds is 15. The summed E-state index contributed by atoms with van der Waals surface area (Å²) in [5.74, 6) is -0.745. The number of carbonyl (C=O) groups is 4. The maximum atomic E-state index is 13.5. The van der Waals surface area contributed by atoms with Crippen LogP contribution in [0.2, 0.25) is 0 Å². The zero-order valence-electron chi connectivity index (χ0n) is 20.9. The van der Waals surface area contributed by atoms with Gasteiger partial charge in [0.05, 0.1) is 10.5 Å². The third-order valence-corrected chi connectivity index (χ3v) is 10.4. The van der Waals surface area contributed by atoms with Gasteiger partial charge in [-0.15, -0.1) is 23.5 Å². The van der Waals surface area contributed by atoms with Gasteiger partial charge in [0.2, 0.25) is 31.1 Å². The molecule has 0 aromatic rings. The Kier molecular flexibility index (Phi) is 11.6. The van der Waals surface area contributed by atoms with Crippen molar-refractivity contribution in [3.8, 4) is 0 Å². The first-order valence-electron chi connectivity index (χ1n) is 12.1. The van der Waals surface area contributed by atoms with E-state index in [2.05, 4.69) is 10.2 Å². The first kappa shape index (κ1) is 29.4. The molecular weight excluding hydrogens is 495 g/mol. The molecule has 2 aliphatic heterocycles.